The molecule has 0 aliphatic carbocycles. The van der Waals surface area contributed by atoms with Gasteiger partial charge in [-0.25, -0.2) is 13.2 Å². The van der Waals surface area contributed by atoms with Crippen molar-refractivity contribution >= 4 is 27.6 Å². The van der Waals surface area contributed by atoms with Gasteiger partial charge in [0.05, 0.1) is 5.75 Å². The van der Waals surface area contributed by atoms with Gasteiger partial charge in [-0.2, -0.15) is 0 Å². The van der Waals surface area contributed by atoms with Gasteiger partial charge in [-0.05, 0) is 38.0 Å². The molecule has 0 bridgehead atoms. The first kappa shape index (κ1) is 19.0. The van der Waals surface area contributed by atoms with Gasteiger partial charge < -0.3 is 10.4 Å². The summed E-state index contributed by atoms with van der Waals surface area (Å²) in [4.78, 5) is 23.5. The molecule has 0 saturated heterocycles. The van der Waals surface area contributed by atoms with E-state index in [0.717, 1.165) is 0 Å². The Kier molecular flexibility index (Phi) is 6.14. The molecule has 7 nitrogen and oxygen atoms in total. The summed E-state index contributed by atoms with van der Waals surface area (Å²) in [6, 6.07) is 5.92. The highest BCUT2D eigenvalue weighted by Crippen LogP contribution is 2.15. The van der Waals surface area contributed by atoms with Gasteiger partial charge in [0, 0.05) is 11.3 Å². The highest BCUT2D eigenvalue weighted by atomic mass is 32.2. The van der Waals surface area contributed by atoms with Crippen molar-refractivity contribution in [2.45, 2.75) is 39.2 Å². The highest BCUT2D eigenvalue weighted by molar-refractivity contribution is 7.92. The van der Waals surface area contributed by atoms with Crippen LogP contribution < -0.4 is 10.0 Å². The Morgan fingerprint density at radius 1 is 1.26 bits per heavy atom. The van der Waals surface area contributed by atoms with Crippen LogP contribution in [0.25, 0.3) is 0 Å². The average molecular weight is 342 g/mol. The van der Waals surface area contributed by atoms with E-state index < -0.39 is 27.4 Å². The van der Waals surface area contributed by atoms with Crippen molar-refractivity contribution in [2.24, 2.45) is 0 Å². The van der Waals surface area contributed by atoms with E-state index in [1.807, 2.05) is 0 Å². The zero-order chi connectivity index (χ0) is 17.7. The van der Waals surface area contributed by atoms with Crippen molar-refractivity contribution in [3.63, 3.8) is 0 Å². The minimum absolute atomic E-state index is 0.0175. The number of hydrogen-bond acceptors (Lipinski definition) is 4. The van der Waals surface area contributed by atoms with Crippen molar-refractivity contribution in [1.29, 1.82) is 0 Å². The van der Waals surface area contributed by atoms with Gasteiger partial charge in [0.25, 0.3) is 5.91 Å². The Hall–Kier alpha value is -2.09. The molecular weight excluding hydrogens is 320 g/mol. The lowest BCUT2D eigenvalue weighted by molar-refractivity contribution is -0.143. The fourth-order valence-corrected chi connectivity index (χ4v) is 2.96. The third-order valence-corrected chi connectivity index (χ3v) is 4.93. The topological polar surface area (TPSA) is 113 Å². The SMILES string of the molecule is CCCS(=O)(=O)Nc1cccc(C(=O)NC(C)(CC)C(=O)O)c1. The van der Waals surface area contributed by atoms with Crippen LogP contribution in [-0.4, -0.2) is 36.7 Å². The summed E-state index contributed by atoms with van der Waals surface area (Å²) in [6.07, 6.45) is 0.694. The largest absolute Gasteiger partial charge is 0.480 e. The van der Waals surface area contributed by atoms with Crippen molar-refractivity contribution in [2.75, 3.05) is 10.5 Å². The number of aliphatic carboxylic acids is 1. The summed E-state index contributed by atoms with van der Waals surface area (Å²) in [7, 11) is -3.46. The smallest absolute Gasteiger partial charge is 0.329 e. The van der Waals surface area contributed by atoms with Crippen LogP contribution in [0, 0.1) is 0 Å². The van der Waals surface area contributed by atoms with Gasteiger partial charge in [0.15, 0.2) is 0 Å². The summed E-state index contributed by atoms with van der Waals surface area (Å²) >= 11 is 0. The maximum absolute atomic E-state index is 12.2. The lowest BCUT2D eigenvalue weighted by atomic mass is 9.98. The minimum atomic E-state index is -3.46. The fraction of sp³-hybridized carbons (Fsp3) is 0.467. The monoisotopic (exact) mass is 342 g/mol. The number of carbonyl (C=O) groups excluding carboxylic acids is 1. The average Bonchev–Trinajstić information content (AvgIpc) is 2.46. The first-order valence-electron chi connectivity index (χ1n) is 7.30. The molecule has 1 aromatic rings. The van der Waals surface area contributed by atoms with E-state index in [2.05, 4.69) is 10.0 Å². The van der Waals surface area contributed by atoms with E-state index in [-0.39, 0.29) is 23.4 Å². The van der Waals surface area contributed by atoms with Crippen LogP contribution in [0.3, 0.4) is 0 Å². The second kappa shape index (κ2) is 7.45. The lowest BCUT2D eigenvalue weighted by Gasteiger charge is -2.24. The number of nitrogens with one attached hydrogen (secondary N) is 2. The number of amides is 1. The number of benzene rings is 1. The van der Waals surface area contributed by atoms with Crippen LogP contribution in [0.5, 0.6) is 0 Å². The van der Waals surface area contributed by atoms with E-state index in [1.54, 1.807) is 13.8 Å². The van der Waals surface area contributed by atoms with Gasteiger partial charge in [-0.1, -0.05) is 19.9 Å². The molecule has 1 rings (SSSR count). The third-order valence-electron chi connectivity index (χ3n) is 3.44. The second-order valence-corrected chi connectivity index (χ2v) is 7.29. The fourth-order valence-electron chi connectivity index (χ4n) is 1.84. The Morgan fingerprint density at radius 3 is 2.43 bits per heavy atom. The Bertz CT molecular complexity index is 687. The van der Waals surface area contributed by atoms with Crippen LogP contribution in [-0.2, 0) is 14.8 Å². The van der Waals surface area contributed by atoms with Crippen molar-refractivity contribution < 1.29 is 23.1 Å². The molecule has 3 N–H and O–H groups in total. The van der Waals surface area contributed by atoms with Gasteiger partial charge >= 0.3 is 5.97 Å². The molecule has 23 heavy (non-hydrogen) atoms. The molecule has 1 unspecified atom stereocenters. The molecule has 1 atom stereocenters. The summed E-state index contributed by atoms with van der Waals surface area (Å²) in [6.45, 7) is 4.82. The highest BCUT2D eigenvalue weighted by Gasteiger charge is 2.33. The zero-order valence-electron chi connectivity index (χ0n) is 13.4. The molecule has 0 radical (unpaired) electrons. The number of carboxylic acid groups (broad SMARTS) is 1. The van der Waals surface area contributed by atoms with Crippen LogP contribution >= 0.6 is 0 Å². The summed E-state index contributed by atoms with van der Waals surface area (Å²) in [5.41, 5.74) is -0.934. The second-order valence-electron chi connectivity index (χ2n) is 5.45. The molecule has 0 aliphatic rings. The molecule has 0 spiro atoms. The molecule has 0 heterocycles. The quantitative estimate of drug-likeness (QED) is 0.667. The summed E-state index contributed by atoms with van der Waals surface area (Å²) in [5, 5.41) is 11.6. The van der Waals surface area contributed by atoms with E-state index >= 15 is 0 Å². The standard InChI is InChI=1S/C15H22N2O5S/c1-4-9-23(21,22)17-12-8-6-7-11(10-12)13(18)16-15(3,5-2)14(19)20/h6-8,10,17H,4-5,9H2,1-3H3,(H,16,18)(H,19,20). The molecule has 0 aromatic heterocycles. The number of carboxylic acids is 1. The predicted molar refractivity (Wildman–Crippen MR) is 87.9 cm³/mol. The van der Waals surface area contributed by atoms with Crippen LogP contribution in [0.4, 0.5) is 5.69 Å². The molecule has 0 aliphatic heterocycles. The molecule has 8 heteroatoms. The van der Waals surface area contributed by atoms with E-state index in [0.29, 0.717) is 6.42 Å². The number of anilines is 1. The molecule has 1 amide bonds. The Morgan fingerprint density at radius 2 is 1.91 bits per heavy atom. The van der Waals surface area contributed by atoms with E-state index in [1.165, 1.54) is 31.2 Å². The van der Waals surface area contributed by atoms with Crippen molar-refractivity contribution in [1.82, 2.24) is 5.32 Å². The minimum Gasteiger partial charge on any atom is -0.480 e. The summed E-state index contributed by atoms with van der Waals surface area (Å²) in [5.74, 6) is -1.72. The number of rotatable bonds is 8. The van der Waals surface area contributed by atoms with Crippen LogP contribution in [0.1, 0.15) is 44.0 Å². The molecule has 0 saturated carbocycles. The first-order chi connectivity index (χ1) is 10.6. The number of sulfonamides is 1. The number of carbonyl (C=O) groups is 2. The molecule has 0 fully saturated rings. The van der Waals surface area contributed by atoms with Gasteiger partial charge in [0.2, 0.25) is 10.0 Å². The number of hydrogen-bond donors (Lipinski definition) is 3. The van der Waals surface area contributed by atoms with Crippen molar-refractivity contribution in [3.8, 4) is 0 Å². The van der Waals surface area contributed by atoms with Gasteiger partial charge in [0.1, 0.15) is 5.54 Å². The third kappa shape index (κ3) is 5.24. The lowest BCUT2D eigenvalue weighted by Crippen LogP contribution is -2.51. The molecule has 1 aromatic carbocycles. The molecular formula is C15H22N2O5S. The molecule has 128 valence electrons. The first-order valence-corrected chi connectivity index (χ1v) is 8.95. The normalized spacial score (nSPS) is 13.9. The zero-order valence-corrected chi connectivity index (χ0v) is 14.2. The van der Waals surface area contributed by atoms with E-state index in [9.17, 15) is 23.1 Å². The maximum atomic E-state index is 12.2. The van der Waals surface area contributed by atoms with Crippen molar-refractivity contribution in [3.05, 3.63) is 29.8 Å². The maximum Gasteiger partial charge on any atom is 0.329 e. The summed E-state index contributed by atoms with van der Waals surface area (Å²) < 4.78 is 25.9. The van der Waals surface area contributed by atoms with E-state index in [4.69, 9.17) is 0 Å². The van der Waals surface area contributed by atoms with Crippen LogP contribution in [0.15, 0.2) is 24.3 Å². The Labute approximate surface area is 136 Å². The van der Waals surface area contributed by atoms with Gasteiger partial charge in [-0.3, -0.25) is 9.52 Å². The van der Waals surface area contributed by atoms with Gasteiger partial charge in [-0.15, -0.1) is 0 Å². The van der Waals surface area contributed by atoms with Crippen LogP contribution in [0.2, 0.25) is 0 Å². The Balaban J connectivity index is 2.96. The predicted octanol–water partition coefficient (Wildman–Crippen LogP) is 1.82.